The molecule has 3 rings (SSSR count). The van der Waals surface area contributed by atoms with E-state index in [0.29, 0.717) is 19.0 Å². The zero-order valence-corrected chi connectivity index (χ0v) is 15.2. The summed E-state index contributed by atoms with van der Waals surface area (Å²) >= 11 is 1.68. The topological polar surface area (TPSA) is 47.6 Å². The van der Waals surface area contributed by atoms with Gasteiger partial charge in [0.05, 0.1) is 5.25 Å². The third kappa shape index (κ3) is 5.16. The summed E-state index contributed by atoms with van der Waals surface area (Å²) in [6.07, 6.45) is 2.11. The smallest absolute Gasteiger partial charge is 0.237 e. The first-order valence-corrected chi connectivity index (χ1v) is 9.63. The highest BCUT2D eigenvalue weighted by Crippen LogP contribution is 2.32. The molecule has 0 bridgehead atoms. The van der Waals surface area contributed by atoms with E-state index in [0.717, 1.165) is 30.0 Å². The van der Waals surface area contributed by atoms with Crippen molar-refractivity contribution in [1.29, 1.82) is 0 Å². The van der Waals surface area contributed by atoms with Crippen LogP contribution in [0.25, 0.3) is 0 Å². The molecule has 5 heteroatoms. The molecule has 0 spiro atoms. The fourth-order valence-electron chi connectivity index (χ4n) is 2.62. The predicted octanol–water partition coefficient (Wildman–Crippen LogP) is 4.15. The maximum atomic E-state index is 12.3. The van der Waals surface area contributed by atoms with Gasteiger partial charge in [-0.3, -0.25) is 4.79 Å². The number of hydrogen-bond acceptors (Lipinski definition) is 4. The third-order valence-corrected chi connectivity index (χ3v) is 5.24. The van der Waals surface area contributed by atoms with E-state index in [4.69, 9.17) is 9.47 Å². The van der Waals surface area contributed by atoms with E-state index in [-0.39, 0.29) is 11.2 Å². The molecule has 0 radical (unpaired) electrons. The van der Waals surface area contributed by atoms with Crippen molar-refractivity contribution in [3.63, 3.8) is 0 Å². The summed E-state index contributed by atoms with van der Waals surface area (Å²) in [4.78, 5) is 12.3. The van der Waals surface area contributed by atoms with Gasteiger partial charge in [-0.1, -0.05) is 30.3 Å². The van der Waals surface area contributed by atoms with E-state index in [1.54, 1.807) is 11.8 Å². The van der Waals surface area contributed by atoms with Crippen LogP contribution in [0.3, 0.4) is 0 Å². The van der Waals surface area contributed by atoms with E-state index in [2.05, 4.69) is 29.6 Å². The van der Waals surface area contributed by atoms with E-state index in [9.17, 15) is 4.79 Å². The molecule has 1 atom stereocenters. The molecule has 2 aromatic rings. The van der Waals surface area contributed by atoms with Crippen molar-refractivity contribution in [3.05, 3.63) is 54.1 Å². The van der Waals surface area contributed by atoms with Crippen LogP contribution in [0.2, 0.25) is 0 Å². The van der Waals surface area contributed by atoms with Crippen LogP contribution in [0.1, 0.15) is 18.9 Å². The van der Waals surface area contributed by atoms with Crippen LogP contribution in [0.5, 0.6) is 11.5 Å². The van der Waals surface area contributed by atoms with Crippen molar-refractivity contribution in [2.75, 3.05) is 24.3 Å². The van der Waals surface area contributed by atoms with Gasteiger partial charge in [0.2, 0.25) is 5.91 Å². The van der Waals surface area contributed by atoms with E-state index < -0.39 is 0 Å². The Labute approximate surface area is 152 Å². The first-order valence-electron chi connectivity index (χ1n) is 8.58. The molecule has 1 heterocycles. The van der Waals surface area contributed by atoms with Crippen LogP contribution >= 0.6 is 11.8 Å². The molecule has 0 aromatic heterocycles. The second-order valence-electron chi connectivity index (χ2n) is 5.95. The Hall–Kier alpha value is -2.14. The van der Waals surface area contributed by atoms with Crippen molar-refractivity contribution in [3.8, 4) is 11.5 Å². The van der Waals surface area contributed by atoms with Crippen molar-refractivity contribution >= 4 is 23.4 Å². The molecule has 0 unspecified atom stereocenters. The number of fused-ring (bicyclic) bond motifs is 1. The quantitative estimate of drug-likeness (QED) is 0.756. The van der Waals surface area contributed by atoms with Crippen LogP contribution in [0.15, 0.2) is 48.5 Å². The highest BCUT2D eigenvalue weighted by atomic mass is 32.2. The lowest BCUT2D eigenvalue weighted by Gasteiger charge is -2.19. The molecule has 1 aliphatic rings. The molecule has 132 valence electrons. The van der Waals surface area contributed by atoms with Crippen LogP contribution < -0.4 is 14.8 Å². The Morgan fingerprint density at radius 3 is 2.68 bits per heavy atom. The van der Waals surface area contributed by atoms with Gasteiger partial charge in [-0.2, -0.15) is 0 Å². The SMILES string of the molecule is C[C@H](SCCCc1ccccc1)C(=O)Nc1ccc2c(c1)OCCO2. The number of anilines is 1. The number of ether oxygens (including phenoxy) is 2. The summed E-state index contributed by atoms with van der Waals surface area (Å²) in [6.45, 7) is 3.05. The number of carbonyl (C=O) groups excluding carboxylic acids is 1. The second-order valence-corrected chi connectivity index (χ2v) is 7.40. The highest BCUT2D eigenvalue weighted by molar-refractivity contribution is 8.00. The van der Waals surface area contributed by atoms with Gasteiger partial charge in [0.25, 0.3) is 0 Å². The summed E-state index contributed by atoms with van der Waals surface area (Å²) < 4.78 is 11.0. The fraction of sp³-hybridized carbons (Fsp3) is 0.350. The monoisotopic (exact) mass is 357 g/mol. The second kappa shape index (κ2) is 8.81. The molecular formula is C20H23NO3S. The standard InChI is InChI=1S/C20H23NO3S/c1-15(25-13-5-8-16-6-3-2-4-7-16)20(22)21-17-9-10-18-19(14-17)24-12-11-23-18/h2-4,6-7,9-10,14-15H,5,8,11-13H2,1H3,(H,21,22)/t15-/m0/s1. The zero-order chi connectivity index (χ0) is 17.5. The summed E-state index contributed by atoms with van der Waals surface area (Å²) in [7, 11) is 0. The number of thioether (sulfide) groups is 1. The molecule has 0 saturated carbocycles. The lowest BCUT2D eigenvalue weighted by molar-refractivity contribution is -0.115. The van der Waals surface area contributed by atoms with Gasteiger partial charge >= 0.3 is 0 Å². The summed E-state index contributed by atoms with van der Waals surface area (Å²) in [6, 6.07) is 15.9. The normalized spacial score (nSPS) is 14.0. The van der Waals surface area contributed by atoms with Gasteiger partial charge in [-0.05, 0) is 43.2 Å². The molecule has 4 nitrogen and oxygen atoms in total. The van der Waals surface area contributed by atoms with E-state index in [1.165, 1.54) is 5.56 Å². The number of benzene rings is 2. The van der Waals surface area contributed by atoms with Crippen molar-refractivity contribution < 1.29 is 14.3 Å². The molecule has 25 heavy (non-hydrogen) atoms. The van der Waals surface area contributed by atoms with Crippen molar-refractivity contribution in [2.24, 2.45) is 0 Å². The van der Waals surface area contributed by atoms with Gasteiger partial charge in [0.1, 0.15) is 13.2 Å². The molecular weight excluding hydrogens is 334 g/mol. The Bertz CT molecular complexity index is 705. The molecule has 1 aliphatic heterocycles. The lowest BCUT2D eigenvalue weighted by atomic mass is 10.1. The molecule has 0 fully saturated rings. The fourth-order valence-corrected chi connectivity index (χ4v) is 3.50. The van der Waals surface area contributed by atoms with Crippen LogP contribution in [-0.4, -0.2) is 30.1 Å². The number of nitrogens with one attached hydrogen (secondary N) is 1. The minimum absolute atomic E-state index is 0.0152. The summed E-state index contributed by atoms with van der Waals surface area (Å²) in [5.41, 5.74) is 2.09. The first kappa shape index (κ1) is 17.7. The number of amides is 1. The van der Waals surface area contributed by atoms with E-state index >= 15 is 0 Å². The Morgan fingerprint density at radius 1 is 1.12 bits per heavy atom. The first-order chi connectivity index (χ1) is 12.2. The molecule has 1 N–H and O–H groups in total. The average molecular weight is 357 g/mol. The van der Waals surface area contributed by atoms with Gasteiger partial charge in [-0.15, -0.1) is 11.8 Å². The van der Waals surface area contributed by atoms with Crippen molar-refractivity contribution in [2.45, 2.75) is 25.0 Å². The third-order valence-electron chi connectivity index (χ3n) is 4.00. The molecule has 2 aromatic carbocycles. The maximum Gasteiger partial charge on any atom is 0.237 e. The summed E-state index contributed by atoms with van der Waals surface area (Å²) in [5, 5.41) is 2.86. The Balaban J connectivity index is 1.43. The summed E-state index contributed by atoms with van der Waals surface area (Å²) in [5.74, 6) is 2.39. The largest absolute Gasteiger partial charge is 0.486 e. The van der Waals surface area contributed by atoms with E-state index in [1.807, 2.05) is 31.2 Å². The highest BCUT2D eigenvalue weighted by Gasteiger charge is 2.16. The molecule has 1 amide bonds. The van der Waals surface area contributed by atoms with Gasteiger partial charge in [-0.25, -0.2) is 0 Å². The predicted molar refractivity (Wildman–Crippen MR) is 103 cm³/mol. The molecule has 0 saturated heterocycles. The Morgan fingerprint density at radius 2 is 1.88 bits per heavy atom. The van der Waals surface area contributed by atoms with Crippen molar-refractivity contribution in [1.82, 2.24) is 0 Å². The Kier molecular flexibility index (Phi) is 6.23. The maximum absolute atomic E-state index is 12.3. The van der Waals surface area contributed by atoms with Gasteiger partial charge in [0.15, 0.2) is 11.5 Å². The number of carbonyl (C=O) groups is 1. The minimum Gasteiger partial charge on any atom is -0.486 e. The van der Waals surface area contributed by atoms with Gasteiger partial charge < -0.3 is 14.8 Å². The average Bonchev–Trinajstić information content (AvgIpc) is 2.65. The number of hydrogen-bond donors (Lipinski definition) is 1. The minimum atomic E-state index is -0.0935. The van der Waals surface area contributed by atoms with Gasteiger partial charge in [0, 0.05) is 11.8 Å². The number of rotatable bonds is 7. The lowest BCUT2D eigenvalue weighted by Crippen LogP contribution is -2.23. The zero-order valence-electron chi connectivity index (χ0n) is 14.4. The van der Waals surface area contributed by atoms with Crippen LogP contribution in [-0.2, 0) is 11.2 Å². The van der Waals surface area contributed by atoms with Crippen LogP contribution in [0.4, 0.5) is 5.69 Å². The molecule has 0 aliphatic carbocycles. The van der Waals surface area contributed by atoms with Crippen LogP contribution in [0, 0.1) is 0 Å². The number of aryl methyl sites for hydroxylation is 1.